The van der Waals surface area contributed by atoms with Gasteiger partial charge in [-0.3, -0.25) is 9.52 Å². The van der Waals surface area contributed by atoms with Crippen LogP contribution in [0.4, 0.5) is 5.69 Å². The van der Waals surface area contributed by atoms with Crippen LogP contribution in [0.5, 0.6) is 0 Å². The molecule has 0 amide bonds. The first-order valence-electron chi connectivity index (χ1n) is 4.44. The Kier molecular flexibility index (Phi) is 3.86. The maximum atomic E-state index is 11.3. The molecule has 0 unspecified atom stereocenters. The van der Waals surface area contributed by atoms with Crippen molar-refractivity contribution in [2.75, 3.05) is 10.5 Å². The maximum Gasteiger partial charge on any atom is 0.320 e. The fraction of sp³-hybridized carbons (Fsp3) is 0.222. The molecular formula is C9H12N2O4S. The number of aliphatic carboxylic acids is 1. The van der Waals surface area contributed by atoms with E-state index in [1.807, 2.05) is 0 Å². The van der Waals surface area contributed by atoms with Gasteiger partial charge in [0.2, 0.25) is 10.0 Å². The summed E-state index contributed by atoms with van der Waals surface area (Å²) in [4.78, 5) is 10.3. The van der Waals surface area contributed by atoms with Crippen LogP contribution in [0.15, 0.2) is 24.3 Å². The van der Waals surface area contributed by atoms with Crippen molar-refractivity contribution in [1.82, 2.24) is 0 Å². The number of benzene rings is 1. The first kappa shape index (κ1) is 12.5. The fourth-order valence-electron chi connectivity index (χ4n) is 1.14. The molecule has 1 aromatic carbocycles. The average Bonchev–Trinajstić information content (AvgIpc) is 2.15. The molecule has 0 aromatic heterocycles. The van der Waals surface area contributed by atoms with Crippen LogP contribution >= 0.6 is 0 Å². The van der Waals surface area contributed by atoms with E-state index in [2.05, 4.69) is 4.72 Å². The summed E-state index contributed by atoms with van der Waals surface area (Å²) in [5, 5.41) is 8.39. The first-order valence-corrected chi connectivity index (χ1v) is 6.09. The Hall–Kier alpha value is -1.60. The van der Waals surface area contributed by atoms with Crippen LogP contribution in [0.25, 0.3) is 0 Å². The lowest BCUT2D eigenvalue weighted by atomic mass is 10.2. The number of nitrogens with two attached hydrogens (primary N) is 1. The molecule has 4 N–H and O–H groups in total. The van der Waals surface area contributed by atoms with Crippen molar-refractivity contribution in [3.05, 3.63) is 29.8 Å². The highest BCUT2D eigenvalue weighted by molar-refractivity contribution is 7.93. The third-order valence-corrected chi connectivity index (χ3v) is 2.92. The number of nitrogens with one attached hydrogen (secondary N) is 1. The van der Waals surface area contributed by atoms with Crippen LogP contribution in [0.2, 0.25) is 0 Å². The highest BCUT2D eigenvalue weighted by Gasteiger charge is 2.15. The zero-order valence-electron chi connectivity index (χ0n) is 8.38. The van der Waals surface area contributed by atoms with Gasteiger partial charge in [0, 0.05) is 12.2 Å². The van der Waals surface area contributed by atoms with Crippen LogP contribution in [-0.4, -0.2) is 25.2 Å². The lowest BCUT2D eigenvalue weighted by Crippen LogP contribution is -2.22. The van der Waals surface area contributed by atoms with E-state index in [9.17, 15) is 13.2 Å². The molecule has 0 aliphatic carbocycles. The summed E-state index contributed by atoms with van der Waals surface area (Å²) in [6.45, 7) is 0.286. The molecule has 88 valence electrons. The molecule has 0 aliphatic heterocycles. The molecule has 0 radical (unpaired) electrons. The average molecular weight is 244 g/mol. The van der Waals surface area contributed by atoms with E-state index in [1.54, 1.807) is 18.2 Å². The van der Waals surface area contributed by atoms with E-state index >= 15 is 0 Å². The Bertz CT molecular complexity index is 484. The molecule has 0 bridgehead atoms. The van der Waals surface area contributed by atoms with Gasteiger partial charge in [-0.25, -0.2) is 8.42 Å². The molecular weight excluding hydrogens is 232 g/mol. The maximum absolute atomic E-state index is 11.3. The zero-order valence-corrected chi connectivity index (χ0v) is 9.20. The Balaban J connectivity index is 2.83. The quantitative estimate of drug-likeness (QED) is 0.674. The molecule has 6 nitrogen and oxygen atoms in total. The third kappa shape index (κ3) is 3.87. The first-order chi connectivity index (χ1) is 7.43. The largest absolute Gasteiger partial charge is 0.480 e. The number of carbonyl (C=O) groups is 1. The normalized spacial score (nSPS) is 11.1. The van der Waals surface area contributed by atoms with Gasteiger partial charge in [0.25, 0.3) is 0 Å². The Labute approximate surface area is 93.1 Å². The second-order valence-corrected chi connectivity index (χ2v) is 4.88. The summed E-state index contributed by atoms with van der Waals surface area (Å²) >= 11 is 0. The predicted molar refractivity (Wildman–Crippen MR) is 59.4 cm³/mol. The van der Waals surface area contributed by atoms with Gasteiger partial charge >= 0.3 is 5.97 Å². The van der Waals surface area contributed by atoms with E-state index in [0.717, 1.165) is 5.56 Å². The van der Waals surface area contributed by atoms with Crippen molar-refractivity contribution in [2.45, 2.75) is 6.54 Å². The Morgan fingerprint density at radius 1 is 1.44 bits per heavy atom. The highest BCUT2D eigenvalue weighted by Crippen LogP contribution is 2.11. The molecule has 0 spiro atoms. The standard InChI is InChI=1S/C9H12N2O4S/c10-5-7-2-1-3-8(4-7)11-16(14,15)6-9(12)13/h1-4,11H,5-6,10H2,(H,12,13). The number of hydrogen-bond donors (Lipinski definition) is 3. The number of hydrogen-bond acceptors (Lipinski definition) is 4. The van der Waals surface area contributed by atoms with Crippen LogP contribution < -0.4 is 10.5 Å². The van der Waals surface area contributed by atoms with Gasteiger partial charge in [0.05, 0.1) is 0 Å². The summed E-state index contributed by atoms with van der Waals surface area (Å²) in [6.07, 6.45) is 0. The van der Waals surface area contributed by atoms with Gasteiger partial charge in [-0.15, -0.1) is 0 Å². The van der Waals surface area contributed by atoms with Crippen molar-refractivity contribution in [1.29, 1.82) is 0 Å². The number of sulfonamides is 1. The van der Waals surface area contributed by atoms with E-state index in [-0.39, 0.29) is 6.54 Å². The summed E-state index contributed by atoms with van der Waals surface area (Å²) < 4.78 is 24.7. The van der Waals surface area contributed by atoms with Gasteiger partial charge < -0.3 is 10.8 Å². The van der Waals surface area contributed by atoms with Crippen molar-refractivity contribution < 1.29 is 18.3 Å². The molecule has 0 saturated heterocycles. The fourth-order valence-corrected chi connectivity index (χ4v) is 2.02. The predicted octanol–water partition coefficient (Wildman–Crippen LogP) is -0.0284. The molecule has 0 aliphatic rings. The number of carboxylic acids is 1. The number of rotatable bonds is 5. The van der Waals surface area contributed by atoms with Gasteiger partial charge in [0.15, 0.2) is 5.75 Å². The van der Waals surface area contributed by atoms with Crippen LogP contribution in [0, 0.1) is 0 Å². The van der Waals surface area contributed by atoms with E-state index < -0.39 is 21.7 Å². The second-order valence-electron chi connectivity index (χ2n) is 3.16. The van der Waals surface area contributed by atoms with Gasteiger partial charge in [-0.2, -0.15) is 0 Å². The molecule has 7 heteroatoms. The van der Waals surface area contributed by atoms with E-state index in [4.69, 9.17) is 10.8 Å². The second kappa shape index (κ2) is 4.95. The summed E-state index contributed by atoms with van der Waals surface area (Å²) in [5.74, 6) is -2.36. The molecule has 0 heterocycles. The van der Waals surface area contributed by atoms with Gasteiger partial charge in [-0.1, -0.05) is 12.1 Å². The Morgan fingerprint density at radius 2 is 2.12 bits per heavy atom. The lowest BCUT2D eigenvalue weighted by Gasteiger charge is -2.06. The van der Waals surface area contributed by atoms with Gasteiger partial charge in [-0.05, 0) is 17.7 Å². The van der Waals surface area contributed by atoms with Crippen molar-refractivity contribution in [3.63, 3.8) is 0 Å². The molecule has 0 saturated carbocycles. The monoisotopic (exact) mass is 244 g/mol. The molecule has 1 aromatic rings. The minimum absolute atomic E-state index is 0.286. The SMILES string of the molecule is NCc1cccc(NS(=O)(=O)CC(=O)O)c1. The topological polar surface area (TPSA) is 109 Å². The van der Waals surface area contributed by atoms with Crippen molar-refractivity contribution in [2.24, 2.45) is 5.73 Å². The van der Waals surface area contributed by atoms with Crippen LogP contribution in [0.1, 0.15) is 5.56 Å². The lowest BCUT2D eigenvalue weighted by molar-refractivity contribution is -0.134. The highest BCUT2D eigenvalue weighted by atomic mass is 32.2. The van der Waals surface area contributed by atoms with Crippen molar-refractivity contribution in [3.8, 4) is 0 Å². The van der Waals surface area contributed by atoms with Crippen LogP contribution in [-0.2, 0) is 21.4 Å². The molecule has 16 heavy (non-hydrogen) atoms. The number of anilines is 1. The van der Waals surface area contributed by atoms with E-state index in [1.165, 1.54) is 6.07 Å². The summed E-state index contributed by atoms with van der Waals surface area (Å²) in [6, 6.07) is 6.47. The van der Waals surface area contributed by atoms with Crippen molar-refractivity contribution >= 4 is 21.7 Å². The smallest absolute Gasteiger partial charge is 0.320 e. The number of carboxylic acid groups (broad SMARTS) is 1. The third-order valence-electron chi connectivity index (χ3n) is 1.75. The minimum Gasteiger partial charge on any atom is -0.480 e. The van der Waals surface area contributed by atoms with E-state index in [0.29, 0.717) is 5.69 Å². The Morgan fingerprint density at radius 3 is 2.69 bits per heavy atom. The zero-order chi connectivity index (χ0) is 12.2. The molecule has 0 fully saturated rings. The summed E-state index contributed by atoms with van der Waals surface area (Å²) in [7, 11) is -3.85. The minimum atomic E-state index is -3.85. The van der Waals surface area contributed by atoms with Gasteiger partial charge in [0.1, 0.15) is 0 Å². The molecule has 1 rings (SSSR count). The molecule has 0 atom stereocenters. The summed E-state index contributed by atoms with van der Waals surface area (Å²) in [5.41, 5.74) is 6.46. The van der Waals surface area contributed by atoms with Crippen LogP contribution in [0.3, 0.4) is 0 Å².